The van der Waals surface area contributed by atoms with E-state index in [0.717, 1.165) is 15.7 Å². The Labute approximate surface area is 205 Å². The number of halogens is 1. The van der Waals surface area contributed by atoms with E-state index in [1.807, 2.05) is 31.2 Å². The van der Waals surface area contributed by atoms with Crippen molar-refractivity contribution in [2.45, 2.75) is 38.5 Å². The smallest absolute Gasteiger partial charge is 0.339 e. The Bertz CT molecular complexity index is 1310. The van der Waals surface area contributed by atoms with Crippen molar-refractivity contribution >= 4 is 45.0 Å². The number of benzene rings is 2. The molecular weight excluding hydrogens is 498 g/mol. The van der Waals surface area contributed by atoms with Crippen LogP contribution in [0.25, 0.3) is 0 Å². The first-order chi connectivity index (χ1) is 16.3. The molecule has 1 amide bonds. The quantitative estimate of drug-likeness (QED) is 0.586. The van der Waals surface area contributed by atoms with Crippen LogP contribution in [0, 0.1) is 6.92 Å². The van der Waals surface area contributed by atoms with Crippen LogP contribution in [-0.2, 0) is 24.5 Å². The van der Waals surface area contributed by atoms with Crippen LogP contribution in [0.3, 0.4) is 0 Å². The minimum absolute atomic E-state index is 0.0294. The van der Waals surface area contributed by atoms with Gasteiger partial charge in [-0.15, -0.1) is 0 Å². The number of hydrogen-bond acceptors (Lipinski definition) is 6. The first kappa shape index (κ1) is 22.4. The maximum absolute atomic E-state index is 13.8. The maximum atomic E-state index is 13.8. The highest BCUT2D eigenvalue weighted by Gasteiger charge is 2.62. The van der Waals surface area contributed by atoms with Crippen molar-refractivity contribution < 1.29 is 19.1 Å². The summed E-state index contributed by atoms with van der Waals surface area (Å²) in [4.78, 5) is 42.7. The number of rotatable bonds is 3. The molecule has 0 saturated heterocycles. The Hall–Kier alpha value is -3.39. The third-order valence-electron chi connectivity index (χ3n) is 6.65. The average molecular weight is 522 g/mol. The standard InChI is InChI=1S/C26H24BrN3O4/c1-3-34-24(32)22-23(28)30(16-10-7-14(2)8-11-16)19-5-4-6-20(31)21(19)26(22)17-13-15(27)9-12-18(17)29-25(26)33/h7-13H,3-6,28H2,1-2H3,(H,29,33). The summed E-state index contributed by atoms with van der Waals surface area (Å²) in [5, 5.41) is 2.89. The number of nitrogens with two attached hydrogens (primary N) is 1. The fraction of sp³-hybridized carbons (Fsp3) is 0.269. The summed E-state index contributed by atoms with van der Waals surface area (Å²) in [6.45, 7) is 3.77. The van der Waals surface area contributed by atoms with Crippen LogP contribution in [0.5, 0.6) is 0 Å². The molecule has 3 aliphatic rings. The lowest BCUT2D eigenvalue weighted by molar-refractivity contribution is -0.140. The lowest BCUT2D eigenvalue weighted by Crippen LogP contribution is -2.53. The number of amides is 1. The molecule has 2 aliphatic heterocycles. The molecule has 1 unspecified atom stereocenters. The molecule has 3 N–H and O–H groups in total. The SMILES string of the molecule is CCOC(=O)C1=C(N)N(c2ccc(C)cc2)C2=C(C(=O)CCC2)C12C(=O)Nc1ccc(Br)cc12. The maximum Gasteiger partial charge on any atom is 0.339 e. The molecule has 1 atom stereocenters. The van der Waals surface area contributed by atoms with E-state index in [4.69, 9.17) is 10.5 Å². The van der Waals surface area contributed by atoms with Crippen molar-refractivity contribution in [2.24, 2.45) is 5.73 Å². The van der Waals surface area contributed by atoms with E-state index in [-0.39, 0.29) is 30.2 Å². The van der Waals surface area contributed by atoms with Crippen LogP contribution in [0.4, 0.5) is 11.4 Å². The number of esters is 1. The molecule has 2 aromatic carbocycles. The summed E-state index contributed by atoms with van der Waals surface area (Å²) in [5.74, 6) is -1.27. The normalized spacial score (nSPS) is 21.6. The number of fused-ring (bicyclic) bond motifs is 3. The Morgan fingerprint density at radius 2 is 1.91 bits per heavy atom. The fourth-order valence-corrected chi connectivity index (χ4v) is 5.63. The zero-order valence-corrected chi connectivity index (χ0v) is 20.5. The Kier molecular flexibility index (Phi) is 5.36. The topological polar surface area (TPSA) is 102 Å². The van der Waals surface area contributed by atoms with E-state index in [1.165, 1.54) is 0 Å². The minimum Gasteiger partial charge on any atom is -0.462 e. The highest BCUT2D eigenvalue weighted by molar-refractivity contribution is 9.10. The van der Waals surface area contributed by atoms with E-state index in [1.54, 1.807) is 30.0 Å². The third-order valence-corrected chi connectivity index (χ3v) is 7.14. The summed E-state index contributed by atoms with van der Waals surface area (Å²) in [6, 6.07) is 13.0. The molecule has 5 rings (SSSR count). The lowest BCUT2D eigenvalue weighted by atomic mass is 9.63. The van der Waals surface area contributed by atoms with Gasteiger partial charge in [-0.1, -0.05) is 33.6 Å². The predicted molar refractivity (Wildman–Crippen MR) is 132 cm³/mol. The van der Waals surface area contributed by atoms with E-state index < -0.39 is 17.3 Å². The third kappa shape index (κ3) is 3.05. The first-order valence-electron chi connectivity index (χ1n) is 11.2. The summed E-state index contributed by atoms with van der Waals surface area (Å²) < 4.78 is 6.14. The molecule has 2 heterocycles. The van der Waals surface area contributed by atoms with Gasteiger partial charge in [0.25, 0.3) is 0 Å². The van der Waals surface area contributed by atoms with Gasteiger partial charge in [-0.3, -0.25) is 14.5 Å². The van der Waals surface area contributed by atoms with E-state index in [0.29, 0.717) is 35.4 Å². The first-order valence-corrected chi connectivity index (χ1v) is 12.0. The summed E-state index contributed by atoms with van der Waals surface area (Å²) >= 11 is 3.48. The van der Waals surface area contributed by atoms with Crippen molar-refractivity contribution in [2.75, 3.05) is 16.8 Å². The number of carbonyl (C=O) groups excluding carboxylic acids is 3. The molecule has 7 nitrogen and oxygen atoms in total. The van der Waals surface area contributed by atoms with E-state index in [2.05, 4.69) is 21.2 Å². The zero-order valence-electron chi connectivity index (χ0n) is 18.9. The number of aryl methyl sites for hydroxylation is 1. The number of Topliss-reactive ketones (excluding diaryl/α,β-unsaturated/α-hetero) is 1. The van der Waals surface area contributed by atoms with Gasteiger partial charge in [0, 0.05) is 39.1 Å². The van der Waals surface area contributed by atoms with Gasteiger partial charge >= 0.3 is 5.97 Å². The second kappa shape index (κ2) is 8.13. The van der Waals surface area contributed by atoms with Crippen LogP contribution in [0.1, 0.15) is 37.3 Å². The van der Waals surface area contributed by atoms with Gasteiger partial charge in [0.05, 0.1) is 6.61 Å². The Balaban J connectivity index is 1.90. The molecule has 34 heavy (non-hydrogen) atoms. The largest absolute Gasteiger partial charge is 0.462 e. The second-order valence-electron chi connectivity index (χ2n) is 8.64. The van der Waals surface area contributed by atoms with Crippen LogP contribution < -0.4 is 16.0 Å². The lowest BCUT2D eigenvalue weighted by Gasteiger charge is -2.44. The molecule has 0 bridgehead atoms. The predicted octanol–water partition coefficient (Wildman–Crippen LogP) is 4.21. The van der Waals surface area contributed by atoms with E-state index >= 15 is 0 Å². The van der Waals surface area contributed by atoms with Gasteiger partial charge in [0.1, 0.15) is 16.8 Å². The monoisotopic (exact) mass is 521 g/mol. The van der Waals surface area contributed by atoms with Gasteiger partial charge in [0.2, 0.25) is 5.91 Å². The molecular formula is C26H24BrN3O4. The number of anilines is 2. The van der Waals surface area contributed by atoms with Crippen molar-refractivity contribution in [3.05, 3.63) is 80.7 Å². The van der Waals surface area contributed by atoms with Gasteiger partial charge < -0.3 is 15.8 Å². The molecule has 1 spiro atoms. The van der Waals surface area contributed by atoms with Crippen molar-refractivity contribution in [1.82, 2.24) is 0 Å². The number of nitrogens with zero attached hydrogens (tertiary/aromatic N) is 1. The molecule has 8 heteroatoms. The minimum atomic E-state index is -1.68. The van der Waals surface area contributed by atoms with Crippen LogP contribution >= 0.6 is 15.9 Å². The van der Waals surface area contributed by atoms with Crippen LogP contribution in [0.2, 0.25) is 0 Å². The number of hydrogen-bond donors (Lipinski definition) is 2. The molecule has 0 saturated carbocycles. The fourth-order valence-electron chi connectivity index (χ4n) is 5.27. The van der Waals surface area contributed by atoms with Crippen molar-refractivity contribution in [3.8, 4) is 0 Å². The number of nitrogens with one attached hydrogen (secondary N) is 1. The average Bonchev–Trinajstić information content (AvgIpc) is 3.07. The molecule has 1 aliphatic carbocycles. The molecule has 0 aromatic heterocycles. The highest BCUT2D eigenvalue weighted by Crippen LogP contribution is 2.55. The second-order valence-corrected chi connectivity index (χ2v) is 9.56. The number of ether oxygens (including phenoxy) is 1. The Morgan fingerprint density at radius 1 is 1.18 bits per heavy atom. The highest BCUT2D eigenvalue weighted by atomic mass is 79.9. The number of carbonyl (C=O) groups is 3. The molecule has 0 radical (unpaired) electrons. The van der Waals surface area contributed by atoms with E-state index in [9.17, 15) is 14.4 Å². The molecule has 174 valence electrons. The molecule has 2 aromatic rings. The summed E-state index contributed by atoms with van der Waals surface area (Å²) in [7, 11) is 0. The van der Waals surface area contributed by atoms with Gasteiger partial charge in [-0.25, -0.2) is 4.79 Å². The Morgan fingerprint density at radius 3 is 2.62 bits per heavy atom. The van der Waals surface area contributed by atoms with Crippen molar-refractivity contribution in [1.29, 1.82) is 0 Å². The van der Waals surface area contributed by atoms with Crippen LogP contribution in [0.15, 0.2) is 69.6 Å². The van der Waals surface area contributed by atoms with Crippen molar-refractivity contribution in [3.63, 3.8) is 0 Å². The number of ketones is 1. The summed E-state index contributed by atoms with van der Waals surface area (Å²) in [6.07, 6.45) is 1.46. The zero-order chi connectivity index (χ0) is 24.2. The number of allylic oxidation sites excluding steroid dienone is 1. The summed E-state index contributed by atoms with van der Waals surface area (Å²) in [5.41, 5.74) is 8.83. The van der Waals surface area contributed by atoms with Gasteiger partial charge in [-0.2, -0.15) is 0 Å². The van der Waals surface area contributed by atoms with Gasteiger partial charge in [0.15, 0.2) is 5.78 Å². The van der Waals surface area contributed by atoms with Crippen LogP contribution in [-0.4, -0.2) is 24.3 Å². The van der Waals surface area contributed by atoms with Gasteiger partial charge in [-0.05, 0) is 57.0 Å². The molecule has 0 fully saturated rings.